The summed E-state index contributed by atoms with van der Waals surface area (Å²) in [4.78, 5) is 15.7. The fourth-order valence-corrected chi connectivity index (χ4v) is 2.91. The normalized spacial score (nSPS) is 16.8. The quantitative estimate of drug-likeness (QED) is 0.915. The molecule has 0 spiro atoms. The highest BCUT2D eigenvalue weighted by molar-refractivity contribution is 5.78. The summed E-state index contributed by atoms with van der Waals surface area (Å²) in [6.45, 7) is -0.295. The van der Waals surface area contributed by atoms with Crippen molar-refractivity contribution in [1.29, 1.82) is 0 Å². The van der Waals surface area contributed by atoms with Gasteiger partial charge in [0.1, 0.15) is 0 Å². The van der Waals surface area contributed by atoms with Crippen LogP contribution in [-0.2, 0) is 17.4 Å². The summed E-state index contributed by atoms with van der Waals surface area (Å²) in [5, 5.41) is 2.91. The zero-order valence-electron chi connectivity index (χ0n) is 13.3. The second kappa shape index (κ2) is 7.13. The molecule has 1 unspecified atom stereocenters. The Morgan fingerprint density at radius 3 is 2.76 bits per heavy atom. The van der Waals surface area contributed by atoms with Gasteiger partial charge in [0.05, 0.1) is 11.6 Å². The number of amides is 1. The third-order valence-corrected chi connectivity index (χ3v) is 4.12. The van der Waals surface area contributed by atoms with E-state index < -0.39 is 11.7 Å². The standard InChI is InChI=1S/C18H17F3N2O2/c19-18(20,21)13-8-9-17(22-10-13)25-11-16(24)23-15-7-3-5-12-4-1-2-6-14(12)15/h1-2,4,6,8-10,15H,3,5,7,11H2,(H,23,24). The maximum absolute atomic E-state index is 12.5. The van der Waals surface area contributed by atoms with Crippen LogP contribution in [-0.4, -0.2) is 17.5 Å². The number of benzene rings is 1. The molecule has 1 heterocycles. The average Bonchev–Trinajstić information content (AvgIpc) is 2.60. The van der Waals surface area contributed by atoms with E-state index in [-0.39, 0.29) is 24.4 Å². The number of carbonyl (C=O) groups excluding carboxylic acids is 1. The fourth-order valence-electron chi connectivity index (χ4n) is 2.91. The molecule has 1 aromatic carbocycles. The van der Waals surface area contributed by atoms with E-state index in [0.29, 0.717) is 6.20 Å². The lowest BCUT2D eigenvalue weighted by atomic mass is 9.88. The molecule has 0 fully saturated rings. The van der Waals surface area contributed by atoms with Crippen molar-refractivity contribution in [3.63, 3.8) is 0 Å². The van der Waals surface area contributed by atoms with Gasteiger partial charge >= 0.3 is 6.18 Å². The van der Waals surface area contributed by atoms with E-state index in [2.05, 4.69) is 16.4 Å². The first kappa shape index (κ1) is 17.3. The fraction of sp³-hybridized carbons (Fsp3) is 0.333. The molecule has 0 radical (unpaired) electrons. The molecule has 1 atom stereocenters. The Labute approximate surface area is 143 Å². The second-order valence-corrected chi connectivity index (χ2v) is 5.88. The number of nitrogens with one attached hydrogen (secondary N) is 1. The molecule has 1 aromatic heterocycles. The predicted octanol–water partition coefficient (Wildman–Crippen LogP) is 3.67. The van der Waals surface area contributed by atoms with Crippen LogP contribution in [0.3, 0.4) is 0 Å². The van der Waals surface area contributed by atoms with Gasteiger partial charge in [-0.1, -0.05) is 24.3 Å². The molecule has 132 valence electrons. The maximum atomic E-state index is 12.5. The predicted molar refractivity (Wildman–Crippen MR) is 85.0 cm³/mol. The number of carbonyl (C=O) groups is 1. The highest BCUT2D eigenvalue weighted by Crippen LogP contribution is 2.30. The number of aryl methyl sites for hydroxylation is 1. The van der Waals surface area contributed by atoms with Crippen molar-refractivity contribution < 1.29 is 22.7 Å². The van der Waals surface area contributed by atoms with Crippen molar-refractivity contribution >= 4 is 5.91 Å². The zero-order chi connectivity index (χ0) is 17.9. The van der Waals surface area contributed by atoms with Crippen LogP contribution in [0, 0.1) is 0 Å². The number of rotatable bonds is 4. The smallest absolute Gasteiger partial charge is 0.417 e. The Kier molecular flexibility index (Phi) is 4.92. The molecule has 1 aliphatic carbocycles. The Morgan fingerprint density at radius 1 is 1.24 bits per heavy atom. The number of hydrogen-bond acceptors (Lipinski definition) is 3. The summed E-state index contributed by atoms with van der Waals surface area (Å²) in [5.41, 5.74) is 1.47. The van der Waals surface area contributed by atoms with Gasteiger partial charge < -0.3 is 10.1 Å². The van der Waals surface area contributed by atoms with Crippen molar-refractivity contribution in [2.24, 2.45) is 0 Å². The van der Waals surface area contributed by atoms with Crippen LogP contribution in [0.2, 0.25) is 0 Å². The first-order chi connectivity index (χ1) is 11.9. The summed E-state index contributed by atoms with van der Waals surface area (Å²) in [6, 6.07) is 9.87. The highest BCUT2D eigenvalue weighted by Gasteiger charge is 2.30. The third-order valence-electron chi connectivity index (χ3n) is 4.12. The van der Waals surface area contributed by atoms with Crippen LogP contribution in [0.5, 0.6) is 5.88 Å². The van der Waals surface area contributed by atoms with Crippen molar-refractivity contribution in [2.45, 2.75) is 31.5 Å². The number of hydrogen-bond donors (Lipinski definition) is 1. The van der Waals surface area contributed by atoms with Crippen molar-refractivity contribution in [3.8, 4) is 5.88 Å². The summed E-state index contributed by atoms with van der Waals surface area (Å²) < 4.78 is 42.6. The minimum Gasteiger partial charge on any atom is -0.468 e. The van der Waals surface area contributed by atoms with Gasteiger partial charge in [0.2, 0.25) is 5.88 Å². The molecule has 0 bridgehead atoms. The Bertz CT molecular complexity index is 745. The molecular formula is C18H17F3N2O2. The Balaban J connectivity index is 1.55. The molecule has 7 heteroatoms. The van der Waals surface area contributed by atoms with Gasteiger partial charge in [0.15, 0.2) is 6.61 Å². The molecular weight excluding hydrogens is 333 g/mol. The minimum absolute atomic E-state index is 0.0211. The van der Waals surface area contributed by atoms with Gasteiger partial charge in [-0.25, -0.2) is 4.98 Å². The zero-order valence-corrected chi connectivity index (χ0v) is 13.3. The third kappa shape index (κ3) is 4.29. The van der Waals surface area contributed by atoms with Gasteiger partial charge in [-0.05, 0) is 36.5 Å². The SMILES string of the molecule is O=C(COc1ccc(C(F)(F)F)cn1)NC1CCCc2ccccc21. The van der Waals surface area contributed by atoms with Gasteiger partial charge in [-0.3, -0.25) is 4.79 Å². The highest BCUT2D eigenvalue weighted by atomic mass is 19.4. The average molecular weight is 350 g/mol. The second-order valence-electron chi connectivity index (χ2n) is 5.88. The van der Waals surface area contributed by atoms with Crippen LogP contribution in [0.15, 0.2) is 42.6 Å². The first-order valence-electron chi connectivity index (χ1n) is 7.97. The summed E-state index contributed by atoms with van der Waals surface area (Å²) in [7, 11) is 0. The van der Waals surface area contributed by atoms with Gasteiger partial charge in [-0.15, -0.1) is 0 Å². The van der Waals surface area contributed by atoms with Crippen molar-refractivity contribution in [3.05, 3.63) is 59.3 Å². The lowest BCUT2D eigenvalue weighted by Gasteiger charge is -2.26. The minimum atomic E-state index is -4.45. The molecule has 1 aliphatic rings. The van der Waals surface area contributed by atoms with Crippen LogP contribution in [0.25, 0.3) is 0 Å². The van der Waals surface area contributed by atoms with E-state index in [0.717, 1.165) is 37.0 Å². The van der Waals surface area contributed by atoms with Crippen LogP contribution in [0.4, 0.5) is 13.2 Å². The number of aromatic nitrogens is 1. The van der Waals surface area contributed by atoms with E-state index in [4.69, 9.17) is 4.74 Å². The van der Waals surface area contributed by atoms with E-state index >= 15 is 0 Å². The number of fused-ring (bicyclic) bond motifs is 1. The lowest BCUT2D eigenvalue weighted by Crippen LogP contribution is -2.34. The molecule has 1 amide bonds. The van der Waals surface area contributed by atoms with Crippen molar-refractivity contribution in [1.82, 2.24) is 10.3 Å². The van der Waals surface area contributed by atoms with Crippen LogP contribution >= 0.6 is 0 Å². The molecule has 4 nitrogen and oxygen atoms in total. The molecule has 0 aliphatic heterocycles. The van der Waals surface area contributed by atoms with Crippen LogP contribution in [0.1, 0.15) is 35.6 Å². The summed E-state index contributed by atoms with van der Waals surface area (Å²) in [5.74, 6) is -0.351. The number of halogens is 3. The number of nitrogens with zero attached hydrogens (tertiary/aromatic N) is 1. The monoisotopic (exact) mass is 350 g/mol. The lowest BCUT2D eigenvalue weighted by molar-refractivity contribution is -0.138. The Hall–Kier alpha value is -2.57. The van der Waals surface area contributed by atoms with Gasteiger partial charge in [-0.2, -0.15) is 13.2 Å². The summed E-state index contributed by atoms with van der Waals surface area (Å²) >= 11 is 0. The Morgan fingerprint density at radius 2 is 2.04 bits per heavy atom. The van der Waals surface area contributed by atoms with Crippen molar-refractivity contribution in [2.75, 3.05) is 6.61 Å². The molecule has 2 aromatic rings. The van der Waals surface area contributed by atoms with E-state index in [9.17, 15) is 18.0 Å². The number of ether oxygens (including phenoxy) is 1. The molecule has 25 heavy (non-hydrogen) atoms. The van der Waals surface area contributed by atoms with E-state index in [1.165, 1.54) is 5.56 Å². The molecule has 0 saturated heterocycles. The van der Waals surface area contributed by atoms with Gasteiger partial charge in [0.25, 0.3) is 5.91 Å². The van der Waals surface area contributed by atoms with E-state index in [1.807, 2.05) is 18.2 Å². The first-order valence-corrected chi connectivity index (χ1v) is 7.97. The van der Waals surface area contributed by atoms with Crippen LogP contribution < -0.4 is 10.1 Å². The molecule has 3 rings (SSSR count). The molecule has 0 saturated carbocycles. The topological polar surface area (TPSA) is 51.2 Å². The number of alkyl halides is 3. The maximum Gasteiger partial charge on any atom is 0.417 e. The van der Waals surface area contributed by atoms with Gasteiger partial charge in [0, 0.05) is 12.3 Å². The summed E-state index contributed by atoms with van der Waals surface area (Å²) in [6.07, 6.45) is -0.930. The number of pyridine rings is 1. The largest absolute Gasteiger partial charge is 0.468 e. The molecule has 1 N–H and O–H groups in total. The van der Waals surface area contributed by atoms with E-state index in [1.54, 1.807) is 0 Å².